The van der Waals surface area contributed by atoms with Crippen molar-refractivity contribution in [3.8, 4) is 11.8 Å². The number of benzene rings is 1. The molecule has 0 bridgehead atoms. The quantitative estimate of drug-likeness (QED) is 0.790. The number of halogens is 1. The Hall–Kier alpha value is -2.35. The number of carbonyl (C=O) groups is 1. The lowest BCUT2D eigenvalue weighted by Gasteiger charge is -2.06. The van der Waals surface area contributed by atoms with Crippen LogP contribution in [0.4, 0.5) is 4.39 Å². The first-order valence-electron chi connectivity index (χ1n) is 4.27. The van der Waals surface area contributed by atoms with Gasteiger partial charge in [0.15, 0.2) is 0 Å². The van der Waals surface area contributed by atoms with Gasteiger partial charge in [0.2, 0.25) is 0 Å². The van der Waals surface area contributed by atoms with Gasteiger partial charge in [-0.25, -0.2) is 9.18 Å². The number of nitriles is 1. The molecule has 0 unspecified atom stereocenters. The van der Waals surface area contributed by atoms with Crippen LogP contribution in [0.25, 0.3) is 6.08 Å². The molecule has 0 aliphatic carbocycles. The molecule has 0 fully saturated rings. The lowest BCUT2D eigenvalue weighted by molar-refractivity contribution is -0.131. The highest BCUT2D eigenvalue weighted by atomic mass is 19.1. The SMILES string of the molecule is COc1c(C#N)cc(F)cc1/C=C/C(=O)O. The van der Waals surface area contributed by atoms with E-state index in [-0.39, 0.29) is 16.9 Å². The molecule has 0 aromatic heterocycles. The van der Waals surface area contributed by atoms with Gasteiger partial charge in [-0.2, -0.15) is 5.26 Å². The van der Waals surface area contributed by atoms with E-state index in [0.717, 1.165) is 18.2 Å². The molecule has 16 heavy (non-hydrogen) atoms. The van der Waals surface area contributed by atoms with Gasteiger partial charge in [-0.1, -0.05) is 0 Å². The van der Waals surface area contributed by atoms with Crippen LogP contribution in [0.2, 0.25) is 0 Å². The van der Waals surface area contributed by atoms with Gasteiger partial charge in [0.1, 0.15) is 17.6 Å². The monoisotopic (exact) mass is 221 g/mol. The van der Waals surface area contributed by atoms with Gasteiger partial charge < -0.3 is 9.84 Å². The fourth-order valence-corrected chi connectivity index (χ4v) is 1.21. The van der Waals surface area contributed by atoms with Crippen LogP contribution in [-0.2, 0) is 4.79 Å². The maximum Gasteiger partial charge on any atom is 0.328 e. The number of ether oxygens (including phenoxy) is 1. The molecule has 5 heteroatoms. The second-order valence-corrected chi connectivity index (χ2v) is 2.86. The van der Waals surface area contributed by atoms with Gasteiger partial charge in [-0.3, -0.25) is 0 Å². The molecule has 0 spiro atoms. The van der Waals surface area contributed by atoms with Crippen molar-refractivity contribution in [1.29, 1.82) is 5.26 Å². The van der Waals surface area contributed by atoms with Crippen LogP contribution < -0.4 is 4.74 Å². The molecular weight excluding hydrogens is 213 g/mol. The predicted molar refractivity (Wildman–Crippen MR) is 54.3 cm³/mol. The minimum Gasteiger partial charge on any atom is -0.495 e. The highest BCUT2D eigenvalue weighted by Gasteiger charge is 2.09. The van der Waals surface area contributed by atoms with Crippen molar-refractivity contribution in [2.24, 2.45) is 0 Å². The first-order valence-corrected chi connectivity index (χ1v) is 4.27. The molecule has 1 aromatic carbocycles. The van der Waals surface area contributed by atoms with Gasteiger partial charge in [0, 0.05) is 11.6 Å². The zero-order chi connectivity index (χ0) is 12.1. The number of hydrogen-bond acceptors (Lipinski definition) is 3. The molecule has 0 saturated carbocycles. The lowest BCUT2D eigenvalue weighted by Crippen LogP contribution is -1.94. The summed E-state index contributed by atoms with van der Waals surface area (Å²) in [6.07, 6.45) is 2.02. The number of nitrogens with zero attached hydrogens (tertiary/aromatic N) is 1. The summed E-state index contributed by atoms with van der Waals surface area (Å²) in [5, 5.41) is 17.2. The summed E-state index contributed by atoms with van der Waals surface area (Å²) in [6.45, 7) is 0. The van der Waals surface area contributed by atoms with Crippen molar-refractivity contribution < 1.29 is 19.0 Å². The molecule has 1 rings (SSSR count). The third kappa shape index (κ3) is 2.58. The van der Waals surface area contributed by atoms with Gasteiger partial charge in [-0.05, 0) is 18.2 Å². The number of carboxylic acids is 1. The number of hydrogen-bond donors (Lipinski definition) is 1. The van der Waals surface area contributed by atoms with E-state index in [1.807, 2.05) is 0 Å². The molecule has 0 saturated heterocycles. The molecule has 0 heterocycles. The van der Waals surface area contributed by atoms with Gasteiger partial charge in [0.25, 0.3) is 0 Å². The van der Waals surface area contributed by atoms with Crippen LogP contribution in [0.3, 0.4) is 0 Å². The van der Waals surface area contributed by atoms with Crippen molar-refractivity contribution in [1.82, 2.24) is 0 Å². The first kappa shape index (κ1) is 11.7. The molecule has 0 atom stereocenters. The topological polar surface area (TPSA) is 70.3 Å². The molecule has 1 N–H and O–H groups in total. The Labute approximate surface area is 91.2 Å². The Bertz CT molecular complexity index is 489. The summed E-state index contributed by atoms with van der Waals surface area (Å²) < 4.78 is 18.0. The zero-order valence-corrected chi connectivity index (χ0v) is 8.40. The third-order valence-corrected chi connectivity index (χ3v) is 1.81. The molecule has 0 aliphatic heterocycles. The maximum atomic E-state index is 13.1. The van der Waals surface area contributed by atoms with Crippen molar-refractivity contribution in [2.45, 2.75) is 0 Å². The normalized spacial score (nSPS) is 10.1. The number of methoxy groups -OCH3 is 1. The molecular formula is C11H8FNO3. The highest BCUT2D eigenvalue weighted by Crippen LogP contribution is 2.25. The Morgan fingerprint density at radius 2 is 2.31 bits per heavy atom. The molecule has 82 valence electrons. The van der Waals surface area contributed by atoms with Gasteiger partial charge in [-0.15, -0.1) is 0 Å². The van der Waals surface area contributed by atoms with E-state index in [1.165, 1.54) is 13.2 Å². The Kier molecular flexibility index (Phi) is 3.62. The Morgan fingerprint density at radius 3 is 2.81 bits per heavy atom. The summed E-state index contributed by atoms with van der Waals surface area (Å²) in [5.74, 6) is -1.63. The van der Waals surface area contributed by atoms with Crippen molar-refractivity contribution >= 4 is 12.0 Å². The molecule has 4 nitrogen and oxygen atoms in total. The van der Waals surface area contributed by atoms with Crippen LogP contribution >= 0.6 is 0 Å². The number of rotatable bonds is 3. The van der Waals surface area contributed by atoms with E-state index in [1.54, 1.807) is 6.07 Å². The average Bonchev–Trinajstić information content (AvgIpc) is 2.25. The first-order chi connectivity index (χ1) is 7.58. The Balaban J connectivity index is 3.32. The fraction of sp³-hybridized carbons (Fsp3) is 0.0909. The standard InChI is InChI=1S/C11H8FNO3/c1-16-11-7(2-3-10(14)15)4-9(12)5-8(11)6-13/h2-5H,1H3,(H,14,15)/b3-2+. The van der Waals surface area contributed by atoms with Crippen LogP contribution in [0, 0.1) is 17.1 Å². The van der Waals surface area contributed by atoms with Gasteiger partial charge in [0.05, 0.1) is 12.7 Å². The minimum absolute atomic E-state index is 0.0209. The summed E-state index contributed by atoms with van der Waals surface area (Å²) >= 11 is 0. The molecule has 0 aliphatic rings. The number of aliphatic carboxylic acids is 1. The fourth-order valence-electron chi connectivity index (χ4n) is 1.21. The average molecular weight is 221 g/mol. The Morgan fingerprint density at radius 1 is 1.62 bits per heavy atom. The summed E-state index contributed by atoms with van der Waals surface area (Å²) in [5.41, 5.74) is 0.231. The van der Waals surface area contributed by atoms with Crippen LogP contribution in [0.5, 0.6) is 5.75 Å². The van der Waals surface area contributed by atoms with Crippen LogP contribution in [0.15, 0.2) is 18.2 Å². The van der Waals surface area contributed by atoms with Crippen LogP contribution in [0.1, 0.15) is 11.1 Å². The number of carboxylic acid groups (broad SMARTS) is 1. The highest BCUT2D eigenvalue weighted by molar-refractivity contribution is 5.86. The van der Waals surface area contributed by atoms with Gasteiger partial charge >= 0.3 is 5.97 Å². The van der Waals surface area contributed by atoms with E-state index in [9.17, 15) is 9.18 Å². The van der Waals surface area contributed by atoms with E-state index < -0.39 is 11.8 Å². The van der Waals surface area contributed by atoms with E-state index >= 15 is 0 Å². The molecule has 0 radical (unpaired) electrons. The van der Waals surface area contributed by atoms with Crippen molar-refractivity contribution in [3.63, 3.8) is 0 Å². The third-order valence-electron chi connectivity index (χ3n) is 1.81. The van der Waals surface area contributed by atoms with Crippen molar-refractivity contribution in [3.05, 3.63) is 35.2 Å². The van der Waals surface area contributed by atoms with E-state index in [0.29, 0.717) is 0 Å². The van der Waals surface area contributed by atoms with E-state index in [4.69, 9.17) is 15.1 Å². The zero-order valence-electron chi connectivity index (χ0n) is 8.40. The molecule has 0 amide bonds. The largest absolute Gasteiger partial charge is 0.495 e. The second kappa shape index (κ2) is 4.94. The predicted octanol–water partition coefficient (Wildman–Crippen LogP) is 1.80. The summed E-state index contributed by atoms with van der Waals surface area (Å²) in [6, 6.07) is 3.89. The maximum absolute atomic E-state index is 13.1. The summed E-state index contributed by atoms with van der Waals surface area (Å²) in [4.78, 5) is 10.3. The van der Waals surface area contributed by atoms with Crippen molar-refractivity contribution in [2.75, 3.05) is 7.11 Å². The molecule has 1 aromatic rings. The minimum atomic E-state index is -1.16. The summed E-state index contributed by atoms with van der Waals surface area (Å²) in [7, 11) is 1.33. The second-order valence-electron chi connectivity index (χ2n) is 2.86. The smallest absolute Gasteiger partial charge is 0.328 e. The van der Waals surface area contributed by atoms with Crippen LogP contribution in [-0.4, -0.2) is 18.2 Å². The van der Waals surface area contributed by atoms with E-state index in [2.05, 4.69) is 0 Å². The lowest BCUT2D eigenvalue weighted by atomic mass is 10.1.